The molecule has 0 spiro atoms. The Bertz CT molecular complexity index is 615. The molecule has 3 atom stereocenters. The molecule has 1 fully saturated rings. The molecule has 0 aromatic heterocycles. The van der Waals surface area contributed by atoms with E-state index in [1.807, 2.05) is 30.3 Å². The maximum absolute atomic E-state index is 12.7. The third-order valence-electron chi connectivity index (χ3n) is 5.54. The summed E-state index contributed by atoms with van der Waals surface area (Å²) in [5.74, 6) is -2.80. The predicted octanol–water partition coefficient (Wildman–Crippen LogP) is 2.34. The van der Waals surface area contributed by atoms with E-state index in [2.05, 4.69) is 19.2 Å². The first-order valence-corrected chi connectivity index (χ1v) is 10.8. The Hall–Kier alpha value is -1.47. The van der Waals surface area contributed by atoms with E-state index in [0.29, 0.717) is 31.1 Å². The number of nitrogens with one attached hydrogen (secondary N) is 1. The average Bonchev–Trinajstić information content (AvgIpc) is 3.43. The second-order valence-corrected chi connectivity index (χ2v) is 9.02. The average molecular weight is 408 g/mol. The molecular weight excluding hydrogens is 370 g/mol. The van der Waals surface area contributed by atoms with Crippen LogP contribution in [0, 0.1) is 17.8 Å². The quantitative estimate of drug-likeness (QED) is 0.322. The fourth-order valence-corrected chi connectivity index (χ4v) is 3.67. The van der Waals surface area contributed by atoms with Gasteiger partial charge in [0.15, 0.2) is 0 Å². The number of aliphatic hydroxyl groups excluding tert-OH is 2. The van der Waals surface area contributed by atoms with E-state index in [4.69, 9.17) is 0 Å². The van der Waals surface area contributed by atoms with Gasteiger partial charge in [-0.05, 0) is 36.7 Å². The summed E-state index contributed by atoms with van der Waals surface area (Å²) >= 11 is 0. The van der Waals surface area contributed by atoms with Gasteiger partial charge in [0.1, 0.15) is 0 Å². The van der Waals surface area contributed by atoms with E-state index < -0.39 is 29.9 Å². The number of carbonyl (C=O) groups excluding carboxylic acids is 1. The van der Waals surface area contributed by atoms with Crippen LogP contribution in [0.3, 0.4) is 0 Å². The molecule has 1 aliphatic carbocycles. The van der Waals surface area contributed by atoms with Gasteiger partial charge in [-0.25, -0.2) is 0 Å². The van der Waals surface area contributed by atoms with Gasteiger partial charge in [-0.3, -0.25) is 4.79 Å². The molecule has 0 heterocycles. The summed E-state index contributed by atoms with van der Waals surface area (Å²) in [7, 11) is 0. The van der Waals surface area contributed by atoms with Crippen LogP contribution in [0.2, 0.25) is 0 Å². The van der Waals surface area contributed by atoms with E-state index in [9.17, 15) is 25.2 Å². The minimum absolute atomic E-state index is 0.0415. The molecule has 1 aromatic rings. The van der Waals surface area contributed by atoms with Crippen LogP contribution in [0.5, 0.6) is 0 Å². The van der Waals surface area contributed by atoms with Crippen LogP contribution < -0.4 is 5.32 Å². The Kier molecular flexibility index (Phi) is 9.08. The smallest absolute Gasteiger partial charge is 0.246 e. The molecule has 2 unspecified atom stereocenters. The van der Waals surface area contributed by atoms with Crippen molar-refractivity contribution in [1.29, 1.82) is 0 Å². The first-order valence-electron chi connectivity index (χ1n) is 10.8. The highest BCUT2D eigenvalue weighted by Crippen LogP contribution is 2.37. The number of hydrogen-bond donors (Lipinski definition) is 5. The lowest BCUT2D eigenvalue weighted by Gasteiger charge is -2.29. The normalized spacial score (nSPS) is 17.8. The lowest BCUT2D eigenvalue weighted by atomic mass is 9.89. The molecule has 1 aromatic carbocycles. The van der Waals surface area contributed by atoms with Crippen LogP contribution >= 0.6 is 0 Å². The number of hydrogen-bond acceptors (Lipinski definition) is 5. The summed E-state index contributed by atoms with van der Waals surface area (Å²) in [6.07, 6.45) is 2.62. The van der Waals surface area contributed by atoms with Crippen molar-refractivity contribution in [2.45, 2.75) is 83.3 Å². The molecular formula is C23H37NO5. The van der Waals surface area contributed by atoms with Gasteiger partial charge >= 0.3 is 0 Å². The van der Waals surface area contributed by atoms with Gasteiger partial charge in [0.05, 0.1) is 18.1 Å². The lowest BCUT2D eigenvalue weighted by Crippen LogP contribution is -2.52. The Balaban J connectivity index is 1.91. The van der Waals surface area contributed by atoms with Crippen LogP contribution in [0.4, 0.5) is 0 Å². The first kappa shape index (κ1) is 23.8. The number of amides is 1. The van der Waals surface area contributed by atoms with Gasteiger partial charge in [0.25, 0.3) is 0 Å². The highest BCUT2D eigenvalue weighted by Gasteiger charge is 2.37. The molecule has 6 nitrogen and oxygen atoms in total. The predicted molar refractivity (Wildman–Crippen MR) is 112 cm³/mol. The van der Waals surface area contributed by atoms with Crippen molar-refractivity contribution in [3.63, 3.8) is 0 Å². The maximum atomic E-state index is 12.7. The van der Waals surface area contributed by atoms with Crippen LogP contribution in [-0.4, -0.2) is 44.5 Å². The van der Waals surface area contributed by atoms with Crippen LogP contribution in [0.15, 0.2) is 30.3 Å². The summed E-state index contributed by atoms with van der Waals surface area (Å²) in [6.45, 7) is 4.11. The van der Waals surface area contributed by atoms with Gasteiger partial charge in [-0.15, -0.1) is 0 Å². The Morgan fingerprint density at radius 3 is 2.41 bits per heavy atom. The summed E-state index contributed by atoms with van der Waals surface area (Å²) in [6, 6.07) is 9.50. The summed E-state index contributed by atoms with van der Waals surface area (Å²) < 4.78 is 0. The third-order valence-corrected chi connectivity index (χ3v) is 5.54. The summed E-state index contributed by atoms with van der Waals surface area (Å²) in [4.78, 5) is 12.7. The van der Waals surface area contributed by atoms with Crippen molar-refractivity contribution >= 4 is 5.91 Å². The Morgan fingerprint density at radius 1 is 1.17 bits per heavy atom. The molecule has 0 bridgehead atoms. The molecule has 6 heteroatoms. The van der Waals surface area contributed by atoms with Gasteiger partial charge in [0, 0.05) is 12.8 Å². The second-order valence-electron chi connectivity index (χ2n) is 9.02. The number of carbonyl (C=O) groups is 1. The molecule has 1 saturated carbocycles. The van der Waals surface area contributed by atoms with E-state index in [1.54, 1.807) is 0 Å². The molecule has 0 saturated heterocycles. The molecule has 0 radical (unpaired) electrons. The van der Waals surface area contributed by atoms with E-state index >= 15 is 0 Å². The first-order chi connectivity index (χ1) is 13.7. The van der Waals surface area contributed by atoms with Crippen molar-refractivity contribution in [1.82, 2.24) is 5.32 Å². The van der Waals surface area contributed by atoms with Crippen molar-refractivity contribution in [2.24, 2.45) is 17.8 Å². The molecule has 1 amide bonds. The number of benzene rings is 1. The van der Waals surface area contributed by atoms with Crippen molar-refractivity contribution in [3.05, 3.63) is 35.9 Å². The number of rotatable bonds is 13. The fraction of sp³-hybridized carbons (Fsp3) is 0.696. The van der Waals surface area contributed by atoms with Crippen LogP contribution in [0.25, 0.3) is 0 Å². The SMILES string of the molecule is CC(C)CCCC(O)(O)NC(=O)C(CC1CC1)[C@@H](O)CC(O)Cc1ccccc1. The largest absolute Gasteiger partial charge is 0.393 e. The Labute approximate surface area is 174 Å². The van der Waals surface area contributed by atoms with Crippen molar-refractivity contribution in [2.75, 3.05) is 0 Å². The fourth-order valence-electron chi connectivity index (χ4n) is 3.67. The zero-order chi connectivity index (χ0) is 21.4. The van der Waals surface area contributed by atoms with E-state index in [-0.39, 0.29) is 12.8 Å². The third kappa shape index (κ3) is 9.26. The molecule has 29 heavy (non-hydrogen) atoms. The molecule has 0 aliphatic heterocycles. The van der Waals surface area contributed by atoms with Crippen molar-refractivity contribution < 1.29 is 25.2 Å². The molecule has 2 rings (SSSR count). The standard InChI is InChI=1S/C23H37NO5/c1-16(2)7-6-12-23(28,29)24-22(27)20(14-18-10-11-18)21(26)15-19(25)13-17-8-4-3-5-9-17/h3-5,8-9,16,18-21,25-26,28-29H,6-7,10-15H2,1-2H3,(H,24,27)/t19?,20?,21-/m0/s1. The lowest BCUT2D eigenvalue weighted by molar-refractivity contribution is -0.197. The molecule has 164 valence electrons. The van der Waals surface area contributed by atoms with Crippen molar-refractivity contribution in [3.8, 4) is 0 Å². The highest BCUT2D eigenvalue weighted by molar-refractivity contribution is 5.79. The highest BCUT2D eigenvalue weighted by atomic mass is 16.5. The van der Waals surface area contributed by atoms with Crippen LogP contribution in [0.1, 0.15) is 64.4 Å². The minimum Gasteiger partial charge on any atom is -0.393 e. The van der Waals surface area contributed by atoms with Gasteiger partial charge < -0.3 is 25.7 Å². The second kappa shape index (κ2) is 11.1. The maximum Gasteiger partial charge on any atom is 0.246 e. The molecule has 1 aliphatic rings. The Morgan fingerprint density at radius 2 is 1.83 bits per heavy atom. The van der Waals surface area contributed by atoms with Gasteiger partial charge in [-0.2, -0.15) is 0 Å². The van der Waals surface area contributed by atoms with Gasteiger partial charge in [0.2, 0.25) is 11.8 Å². The number of aliphatic hydroxyl groups is 4. The topological polar surface area (TPSA) is 110 Å². The minimum atomic E-state index is -2.28. The van der Waals surface area contributed by atoms with Gasteiger partial charge in [-0.1, -0.05) is 63.4 Å². The summed E-state index contributed by atoms with van der Waals surface area (Å²) in [5, 5.41) is 43.6. The van der Waals surface area contributed by atoms with E-state index in [0.717, 1.165) is 24.8 Å². The van der Waals surface area contributed by atoms with E-state index in [1.165, 1.54) is 0 Å². The molecule has 5 N–H and O–H groups in total. The zero-order valence-electron chi connectivity index (χ0n) is 17.6. The summed E-state index contributed by atoms with van der Waals surface area (Å²) in [5.41, 5.74) is 0.963. The van der Waals surface area contributed by atoms with Crippen LogP contribution in [-0.2, 0) is 11.2 Å². The zero-order valence-corrected chi connectivity index (χ0v) is 17.6. The monoisotopic (exact) mass is 407 g/mol.